The van der Waals surface area contributed by atoms with Crippen LogP contribution in [0.2, 0.25) is 0 Å². The Morgan fingerprint density at radius 3 is 2.45 bits per heavy atom. The lowest BCUT2D eigenvalue weighted by Crippen LogP contribution is -2.56. The predicted molar refractivity (Wildman–Crippen MR) is 107 cm³/mol. The number of carbonyl (C=O) groups is 2. The Morgan fingerprint density at radius 1 is 1.07 bits per heavy atom. The minimum atomic E-state index is -0.314. The van der Waals surface area contributed by atoms with E-state index in [0.717, 1.165) is 38.7 Å². The summed E-state index contributed by atoms with van der Waals surface area (Å²) in [5.74, 6) is 2.41. The second-order valence-electron chi connectivity index (χ2n) is 9.58. The first kappa shape index (κ1) is 18.9. The van der Waals surface area contributed by atoms with Gasteiger partial charge < -0.3 is 9.47 Å². The smallest absolute Gasteiger partial charge is 0.269 e. The summed E-state index contributed by atoms with van der Waals surface area (Å²) in [6, 6.07) is 7.06. The van der Waals surface area contributed by atoms with Crippen molar-refractivity contribution in [2.24, 2.45) is 23.2 Å². The Balaban J connectivity index is 1.16. The van der Waals surface area contributed by atoms with Gasteiger partial charge in [0.2, 0.25) is 5.91 Å². The van der Waals surface area contributed by atoms with Crippen molar-refractivity contribution in [2.75, 3.05) is 13.2 Å². The van der Waals surface area contributed by atoms with Gasteiger partial charge in [-0.15, -0.1) is 0 Å². The van der Waals surface area contributed by atoms with Crippen molar-refractivity contribution in [3.63, 3.8) is 0 Å². The lowest BCUT2D eigenvalue weighted by atomic mass is 9.49. The SMILES string of the molecule is O=C(NNC(=O)C12CC3CC(CC(C3)C1)C2)c1cccc(OC[C@H]2CCCO2)c1. The van der Waals surface area contributed by atoms with E-state index in [4.69, 9.17) is 9.47 Å². The van der Waals surface area contributed by atoms with Crippen molar-refractivity contribution in [1.29, 1.82) is 0 Å². The van der Waals surface area contributed by atoms with E-state index in [1.807, 2.05) is 6.07 Å². The molecule has 2 N–H and O–H groups in total. The van der Waals surface area contributed by atoms with Crippen molar-refractivity contribution >= 4 is 11.8 Å². The van der Waals surface area contributed by atoms with Gasteiger partial charge in [-0.3, -0.25) is 20.4 Å². The average molecular weight is 399 g/mol. The molecular formula is C23H30N2O4. The van der Waals surface area contributed by atoms with Gasteiger partial charge in [0.1, 0.15) is 12.4 Å². The molecule has 0 unspecified atom stereocenters. The maximum Gasteiger partial charge on any atom is 0.269 e. The third kappa shape index (κ3) is 3.87. The summed E-state index contributed by atoms with van der Waals surface area (Å²) in [5.41, 5.74) is 5.57. The van der Waals surface area contributed by atoms with Gasteiger partial charge >= 0.3 is 0 Å². The van der Waals surface area contributed by atoms with Gasteiger partial charge in [-0.1, -0.05) is 6.07 Å². The van der Waals surface area contributed by atoms with Crippen LogP contribution in [0, 0.1) is 23.2 Å². The number of hydrogen-bond donors (Lipinski definition) is 2. The van der Waals surface area contributed by atoms with Crippen molar-refractivity contribution in [2.45, 2.75) is 57.5 Å². The quantitative estimate of drug-likeness (QED) is 0.747. The zero-order chi connectivity index (χ0) is 19.8. The lowest BCUT2D eigenvalue weighted by molar-refractivity contribution is -0.147. The molecule has 5 aliphatic rings. The molecule has 6 rings (SSSR count). The van der Waals surface area contributed by atoms with Crippen LogP contribution in [0.25, 0.3) is 0 Å². The van der Waals surface area contributed by atoms with Crippen LogP contribution in [0.3, 0.4) is 0 Å². The number of carbonyl (C=O) groups excluding carboxylic acids is 2. The molecule has 6 heteroatoms. The number of hydrazine groups is 1. The first-order valence-electron chi connectivity index (χ1n) is 11.0. The highest BCUT2D eigenvalue weighted by Crippen LogP contribution is 2.60. The molecular weight excluding hydrogens is 368 g/mol. The Kier molecular flexibility index (Phi) is 4.98. The molecule has 6 nitrogen and oxygen atoms in total. The summed E-state index contributed by atoms with van der Waals surface area (Å²) in [4.78, 5) is 25.6. The number of hydrogen-bond acceptors (Lipinski definition) is 4. The molecule has 0 aromatic heterocycles. The van der Waals surface area contributed by atoms with E-state index in [1.165, 1.54) is 19.3 Å². The minimum Gasteiger partial charge on any atom is -0.491 e. The van der Waals surface area contributed by atoms with E-state index >= 15 is 0 Å². The maximum absolute atomic E-state index is 13.0. The molecule has 1 aromatic carbocycles. The largest absolute Gasteiger partial charge is 0.491 e. The number of rotatable bonds is 5. The Labute approximate surface area is 171 Å². The predicted octanol–water partition coefficient (Wildman–Crippen LogP) is 3.22. The average Bonchev–Trinajstić information content (AvgIpc) is 3.23. The Morgan fingerprint density at radius 2 is 1.79 bits per heavy atom. The summed E-state index contributed by atoms with van der Waals surface area (Å²) in [6.45, 7) is 1.29. The normalized spacial score (nSPS) is 34.8. The highest BCUT2D eigenvalue weighted by molar-refractivity contribution is 5.96. The number of amides is 2. The number of nitrogens with one attached hydrogen (secondary N) is 2. The molecule has 1 heterocycles. The standard InChI is InChI=1S/C23H30N2O4/c26-21(18-3-1-4-19(10-18)29-14-20-5-2-6-28-20)24-25-22(27)23-11-15-7-16(12-23)9-17(8-15)13-23/h1,3-4,10,15-17,20H,2,5-9,11-14H2,(H,24,26)(H,25,27)/t15?,16?,17?,20-,23?/m1/s1. The zero-order valence-electron chi connectivity index (χ0n) is 16.8. The second-order valence-corrected chi connectivity index (χ2v) is 9.58. The van der Waals surface area contributed by atoms with Crippen LogP contribution in [0.4, 0.5) is 0 Å². The fraction of sp³-hybridized carbons (Fsp3) is 0.652. The van der Waals surface area contributed by atoms with E-state index in [-0.39, 0.29) is 23.3 Å². The monoisotopic (exact) mass is 398 g/mol. The molecule has 5 fully saturated rings. The highest BCUT2D eigenvalue weighted by Gasteiger charge is 2.54. The first-order valence-corrected chi connectivity index (χ1v) is 11.0. The maximum atomic E-state index is 13.0. The molecule has 4 aliphatic carbocycles. The fourth-order valence-electron chi connectivity index (χ4n) is 6.40. The molecule has 2 amide bonds. The molecule has 0 spiro atoms. The van der Waals surface area contributed by atoms with Crippen LogP contribution in [-0.4, -0.2) is 31.1 Å². The molecule has 0 radical (unpaired) electrons. The van der Waals surface area contributed by atoms with E-state index in [1.54, 1.807) is 18.2 Å². The molecule has 1 saturated heterocycles. The van der Waals surface area contributed by atoms with Crippen molar-refractivity contribution < 1.29 is 19.1 Å². The van der Waals surface area contributed by atoms with E-state index < -0.39 is 0 Å². The highest BCUT2D eigenvalue weighted by atomic mass is 16.5. The number of benzene rings is 1. The van der Waals surface area contributed by atoms with Crippen LogP contribution in [0.1, 0.15) is 61.7 Å². The van der Waals surface area contributed by atoms with Crippen LogP contribution in [0.15, 0.2) is 24.3 Å². The topological polar surface area (TPSA) is 76.7 Å². The van der Waals surface area contributed by atoms with E-state index in [0.29, 0.717) is 35.7 Å². The molecule has 1 atom stereocenters. The summed E-state index contributed by atoms with van der Waals surface area (Å²) >= 11 is 0. The molecule has 4 bridgehead atoms. The van der Waals surface area contributed by atoms with Gasteiger partial charge in [-0.2, -0.15) is 0 Å². The molecule has 1 aromatic rings. The first-order chi connectivity index (χ1) is 14.1. The molecule has 29 heavy (non-hydrogen) atoms. The van der Waals surface area contributed by atoms with Crippen molar-refractivity contribution in [3.05, 3.63) is 29.8 Å². The summed E-state index contributed by atoms with van der Waals surface area (Å²) in [7, 11) is 0. The van der Waals surface area contributed by atoms with E-state index in [9.17, 15) is 9.59 Å². The summed E-state index contributed by atoms with van der Waals surface area (Å²) in [5, 5.41) is 0. The van der Waals surface area contributed by atoms with Gasteiger partial charge in [0.25, 0.3) is 5.91 Å². The summed E-state index contributed by atoms with van der Waals surface area (Å²) < 4.78 is 11.3. The van der Waals surface area contributed by atoms with Gasteiger partial charge in [-0.05, 0) is 87.3 Å². The van der Waals surface area contributed by atoms with Crippen LogP contribution in [-0.2, 0) is 9.53 Å². The van der Waals surface area contributed by atoms with E-state index in [2.05, 4.69) is 10.9 Å². The molecule has 4 saturated carbocycles. The third-order valence-electron chi connectivity index (χ3n) is 7.37. The van der Waals surface area contributed by atoms with Crippen LogP contribution < -0.4 is 15.6 Å². The Bertz CT molecular complexity index is 752. The second kappa shape index (κ2) is 7.63. The van der Waals surface area contributed by atoms with Gasteiger partial charge in [0.15, 0.2) is 0 Å². The van der Waals surface area contributed by atoms with Gasteiger partial charge in [-0.25, -0.2) is 0 Å². The molecule has 156 valence electrons. The fourth-order valence-corrected chi connectivity index (χ4v) is 6.40. The van der Waals surface area contributed by atoms with Crippen LogP contribution in [0.5, 0.6) is 5.75 Å². The van der Waals surface area contributed by atoms with Gasteiger partial charge in [0, 0.05) is 12.2 Å². The number of ether oxygens (including phenoxy) is 2. The van der Waals surface area contributed by atoms with Crippen molar-refractivity contribution in [3.8, 4) is 5.75 Å². The Hall–Kier alpha value is -2.08. The van der Waals surface area contributed by atoms with Crippen molar-refractivity contribution in [1.82, 2.24) is 10.9 Å². The lowest BCUT2D eigenvalue weighted by Gasteiger charge is -2.55. The van der Waals surface area contributed by atoms with Crippen LogP contribution >= 0.6 is 0 Å². The zero-order valence-corrected chi connectivity index (χ0v) is 16.8. The minimum absolute atomic E-state index is 0.00395. The van der Waals surface area contributed by atoms with Gasteiger partial charge in [0.05, 0.1) is 11.5 Å². The third-order valence-corrected chi connectivity index (χ3v) is 7.37. The molecule has 1 aliphatic heterocycles. The summed E-state index contributed by atoms with van der Waals surface area (Å²) in [6.07, 6.45) is 9.02.